The molecule has 3 aromatic carbocycles. The van der Waals surface area contributed by atoms with Gasteiger partial charge >= 0.3 is 23.7 Å². The minimum Gasteiger partial charge on any atom is -0.448 e. The third-order valence-electron chi connectivity index (χ3n) is 9.57. The summed E-state index contributed by atoms with van der Waals surface area (Å²) in [5, 5.41) is 0. The van der Waals surface area contributed by atoms with E-state index in [-0.39, 0.29) is 24.4 Å². The lowest BCUT2D eigenvalue weighted by atomic mass is 9.77. The van der Waals surface area contributed by atoms with Crippen molar-refractivity contribution in [3.63, 3.8) is 0 Å². The van der Waals surface area contributed by atoms with E-state index < -0.39 is 28.8 Å². The minimum atomic E-state index is -5.25. The van der Waals surface area contributed by atoms with Crippen molar-refractivity contribution < 1.29 is 35.3 Å². The van der Waals surface area contributed by atoms with Crippen molar-refractivity contribution in [2.24, 2.45) is 0 Å². The van der Waals surface area contributed by atoms with Gasteiger partial charge in [-0.25, -0.2) is 4.79 Å². The van der Waals surface area contributed by atoms with Crippen LogP contribution in [0.4, 0.5) is 8.68 Å². The predicted octanol–water partition coefficient (Wildman–Crippen LogP) is 4.95. The maximum absolute atomic E-state index is 13.7. The number of hydrogen-bond donors (Lipinski definition) is 0. The Bertz CT molecular complexity index is 1660. The molecule has 238 valence electrons. The van der Waals surface area contributed by atoms with Crippen LogP contribution in [0.25, 0.3) is 11.1 Å². The summed E-state index contributed by atoms with van der Waals surface area (Å²) >= 11 is 0. The largest absolute Gasteiger partial charge is 0.494 e. The number of fused-ring (bicyclic) bond motifs is 3. The third kappa shape index (κ3) is 6.33. The van der Waals surface area contributed by atoms with Crippen molar-refractivity contribution in [3.05, 3.63) is 82.9 Å². The Labute approximate surface area is 264 Å². The van der Waals surface area contributed by atoms with Crippen LogP contribution in [0.3, 0.4) is 0 Å². The zero-order valence-corrected chi connectivity index (χ0v) is 27.0. The first-order valence-corrected chi connectivity index (χ1v) is 16.5. The van der Waals surface area contributed by atoms with Crippen LogP contribution in [-0.4, -0.2) is 75.4 Å². The van der Waals surface area contributed by atoms with Gasteiger partial charge in [0.25, 0.3) is 0 Å². The number of hydrogen-bond acceptors (Lipinski definition) is 8. The van der Waals surface area contributed by atoms with Crippen LogP contribution in [0, 0.1) is 6.92 Å². The quantitative estimate of drug-likeness (QED) is 0.266. The normalized spacial score (nSPS) is 19.3. The van der Waals surface area contributed by atoms with Crippen molar-refractivity contribution in [3.8, 4) is 16.9 Å². The summed E-state index contributed by atoms with van der Waals surface area (Å²) in [7, 11) is -6.04. The maximum Gasteiger partial charge on any atom is 0.494 e. The number of nitrogens with zero attached hydrogens (tertiary/aromatic N) is 2. The molecule has 45 heavy (non-hydrogen) atoms. The van der Waals surface area contributed by atoms with Crippen molar-refractivity contribution in [1.82, 2.24) is 9.80 Å². The molecule has 2 aliphatic heterocycles. The van der Waals surface area contributed by atoms with Gasteiger partial charge in [0.15, 0.2) is 0 Å². The molecule has 0 bridgehead atoms. The molecule has 0 saturated carbocycles. The van der Waals surface area contributed by atoms with E-state index in [1.165, 1.54) is 28.3 Å². The van der Waals surface area contributed by atoms with Gasteiger partial charge in [-0.05, 0) is 79.5 Å². The molecule has 9 nitrogen and oxygen atoms in total. The van der Waals surface area contributed by atoms with Gasteiger partial charge in [0.2, 0.25) is 0 Å². The molecule has 3 aliphatic rings. The second-order valence-electron chi connectivity index (χ2n) is 12.9. The zero-order chi connectivity index (χ0) is 32.1. The Morgan fingerprint density at radius 2 is 1.49 bits per heavy atom. The zero-order valence-electron chi connectivity index (χ0n) is 26.2. The van der Waals surface area contributed by atoms with Crippen molar-refractivity contribution >= 4 is 29.2 Å². The molecule has 0 atom stereocenters. The average molecular weight is 637 g/mol. The molecule has 0 unspecified atom stereocenters. The van der Waals surface area contributed by atoms with Gasteiger partial charge in [0.05, 0.1) is 11.2 Å². The Morgan fingerprint density at radius 1 is 0.933 bits per heavy atom. The van der Waals surface area contributed by atoms with E-state index in [9.17, 15) is 17.1 Å². The van der Waals surface area contributed by atoms with E-state index in [4.69, 9.17) is 18.2 Å². The lowest BCUT2D eigenvalue weighted by Gasteiger charge is -2.34. The molecule has 0 radical (unpaired) electrons. The van der Waals surface area contributed by atoms with E-state index in [1.54, 1.807) is 11.8 Å². The Hall–Kier alpha value is -3.45. The highest BCUT2D eigenvalue weighted by Gasteiger charge is 2.52. The van der Waals surface area contributed by atoms with Crippen LogP contribution >= 0.6 is 0 Å². The van der Waals surface area contributed by atoms with Crippen molar-refractivity contribution in [2.45, 2.75) is 58.3 Å². The third-order valence-corrected chi connectivity index (χ3v) is 9.94. The SMILES string of the molecule is Cc1c(CN2CCN(C(=O)OCC3c4ccccc4-c4ccccc43)CC2)cc(B2OC(C)(C)C(C)(C)O2)cc1OS(=O)(=O)F. The summed E-state index contributed by atoms with van der Waals surface area (Å²) in [6.07, 6.45) is -0.348. The van der Waals surface area contributed by atoms with E-state index in [0.29, 0.717) is 43.8 Å². The Morgan fingerprint density at radius 3 is 2.04 bits per heavy atom. The van der Waals surface area contributed by atoms with Gasteiger partial charge in [-0.2, -0.15) is 8.42 Å². The van der Waals surface area contributed by atoms with E-state index in [1.807, 2.05) is 58.0 Å². The number of amides is 1. The number of carbonyl (C=O) groups is 1. The van der Waals surface area contributed by atoms with E-state index >= 15 is 0 Å². The summed E-state index contributed by atoms with van der Waals surface area (Å²) in [5.74, 6) is -0.122. The molecule has 0 aromatic heterocycles. The summed E-state index contributed by atoms with van der Waals surface area (Å²) in [4.78, 5) is 17.0. The molecule has 2 saturated heterocycles. The minimum absolute atomic E-state index is 0.00795. The van der Waals surface area contributed by atoms with Crippen LogP contribution < -0.4 is 9.65 Å². The average Bonchev–Trinajstić information content (AvgIpc) is 3.42. The fourth-order valence-electron chi connectivity index (χ4n) is 6.26. The maximum atomic E-state index is 13.7. The summed E-state index contributed by atoms with van der Waals surface area (Å²) < 4.78 is 59.5. The summed E-state index contributed by atoms with van der Waals surface area (Å²) in [6, 6.07) is 19.8. The fourth-order valence-corrected chi connectivity index (χ4v) is 6.64. The number of rotatable bonds is 7. The number of halogens is 1. The van der Waals surface area contributed by atoms with Gasteiger partial charge in [-0.15, -0.1) is 0 Å². The predicted molar refractivity (Wildman–Crippen MR) is 169 cm³/mol. The number of piperazine rings is 1. The van der Waals surface area contributed by atoms with Gasteiger partial charge in [-0.3, -0.25) is 4.90 Å². The van der Waals surface area contributed by atoms with Crippen LogP contribution in [0.1, 0.15) is 55.9 Å². The Kier molecular flexibility index (Phi) is 8.22. The lowest BCUT2D eigenvalue weighted by Crippen LogP contribution is -2.48. The molecule has 12 heteroatoms. The van der Waals surface area contributed by atoms with E-state index in [2.05, 4.69) is 29.2 Å². The second-order valence-corrected chi connectivity index (χ2v) is 13.9. The highest BCUT2D eigenvalue weighted by Crippen LogP contribution is 2.44. The molecule has 6 rings (SSSR count). The molecule has 2 heterocycles. The molecule has 2 fully saturated rings. The second kappa shape index (κ2) is 11.7. The highest BCUT2D eigenvalue weighted by molar-refractivity contribution is 7.81. The van der Waals surface area contributed by atoms with Crippen molar-refractivity contribution in [2.75, 3.05) is 32.8 Å². The van der Waals surface area contributed by atoms with Gasteiger partial charge < -0.3 is 23.1 Å². The molecular weight excluding hydrogens is 598 g/mol. The molecule has 0 N–H and O–H groups in total. The van der Waals surface area contributed by atoms with E-state index in [0.717, 1.165) is 5.56 Å². The first kappa shape index (κ1) is 31.5. The lowest BCUT2D eigenvalue weighted by molar-refractivity contribution is 0.00578. The Balaban J connectivity index is 1.11. The molecule has 0 spiro atoms. The van der Waals surface area contributed by atoms with Gasteiger partial charge in [0, 0.05) is 38.6 Å². The van der Waals surface area contributed by atoms with Crippen LogP contribution in [0.5, 0.6) is 5.75 Å². The van der Waals surface area contributed by atoms with Crippen LogP contribution in [0.15, 0.2) is 60.7 Å². The summed E-state index contributed by atoms with van der Waals surface area (Å²) in [5.41, 5.74) is 5.22. The highest BCUT2D eigenvalue weighted by atomic mass is 32.3. The molecule has 1 aliphatic carbocycles. The summed E-state index contributed by atoms with van der Waals surface area (Å²) in [6.45, 7) is 12.1. The topological polar surface area (TPSA) is 94.6 Å². The monoisotopic (exact) mass is 636 g/mol. The van der Waals surface area contributed by atoms with Crippen molar-refractivity contribution in [1.29, 1.82) is 0 Å². The smallest absolute Gasteiger partial charge is 0.448 e. The fraction of sp³-hybridized carbons (Fsp3) is 0.424. The number of carbonyl (C=O) groups excluding carboxylic acids is 1. The van der Waals surface area contributed by atoms with Crippen LogP contribution in [0.2, 0.25) is 0 Å². The standard InChI is InChI=1S/C33H38BFN2O7S/c1-22-23(18-24(19-30(22)42-45(35,39)40)34-43-32(2,3)33(4,5)44-34)20-36-14-16-37(17-15-36)31(38)41-21-29-27-12-8-6-10-25(27)26-11-7-9-13-28(26)29/h6-13,18-19,29H,14-17,20-21H2,1-5H3. The molecular formula is C33H38BFN2O7S. The molecule has 1 amide bonds. The first-order chi connectivity index (χ1) is 21.2. The van der Waals surface area contributed by atoms with Crippen LogP contribution in [-0.2, 0) is 31.1 Å². The molecule has 3 aromatic rings. The van der Waals surface area contributed by atoms with Gasteiger partial charge in [-0.1, -0.05) is 58.5 Å². The number of ether oxygens (including phenoxy) is 1. The number of benzene rings is 3. The van der Waals surface area contributed by atoms with Gasteiger partial charge in [0.1, 0.15) is 12.4 Å². The first-order valence-electron chi connectivity index (χ1n) is 15.2.